The van der Waals surface area contributed by atoms with Crippen molar-refractivity contribution in [2.24, 2.45) is 0 Å². The monoisotopic (exact) mass is 474 g/mol. The fraction of sp³-hybridized carbons (Fsp3) is 0.357. The van der Waals surface area contributed by atoms with E-state index >= 15 is 0 Å². The summed E-state index contributed by atoms with van der Waals surface area (Å²) in [5, 5.41) is 3.44. The molecule has 2 aromatic carbocycles. The topological polar surface area (TPSA) is 66.9 Å². The van der Waals surface area contributed by atoms with Crippen LogP contribution in [0.5, 0.6) is 5.75 Å². The van der Waals surface area contributed by atoms with Crippen molar-refractivity contribution >= 4 is 23.3 Å². The maximum Gasteiger partial charge on any atom is 0.410 e. The van der Waals surface area contributed by atoms with Crippen LogP contribution in [0.4, 0.5) is 22.0 Å². The third-order valence-corrected chi connectivity index (χ3v) is 5.81. The zero-order valence-electron chi connectivity index (χ0n) is 21.0. The predicted octanol–water partition coefficient (Wildman–Crippen LogP) is 5.95. The average Bonchev–Trinajstić information content (AvgIpc) is 3.10. The highest BCUT2D eigenvalue weighted by Gasteiger charge is 2.24. The van der Waals surface area contributed by atoms with Gasteiger partial charge in [-0.25, -0.2) is 9.78 Å². The molecule has 0 bridgehead atoms. The second-order valence-corrected chi connectivity index (χ2v) is 9.61. The van der Waals surface area contributed by atoms with Crippen molar-refractivity contribution in [3.05, 3.63) is 66.9 Å². The molecule has 1 saturated heterocycles. The Hall–Kier alpha value is -3.74. The van der Waals surface area contributed by atoms with Crippen molar-refractivity contribution < 1.29 is 14.3 Å². The molecule has 7 nitrogen and oxygen atoms in total. The van der Waals surface area contributed by atoms with Gasteiger partial charge in [0.2, 0.25) is 0 Å². The summed E-state index contributed by atoms with van der Waals surface area (Å²) in [6.45, 7) is 8.66. The van der Waals surface area contributed by atoms with E-state index in [4.69, 9.17) is 9.47 Å². The fourth-order valence-electron chi connectivity index (χ4n) is 4.16. The Bertz CT molecular complexity index is 1160. The maximum absolute atomic E-state index is 12.5. The lowest BCUT2D eigenvalue weighted by Gasteiger charge is -2.27. The molecule has 2 heterocycles. The molecular formula is C28H34N4O3. The van der Waals surface area contributed by atoms with Gasteiger partial charge in [0.1, 0.15) is 17.2 Å². The molecule has 7 heteroatoms. The number of carbonyl (C=O) groups excluding carboxylic acids is 1. The molecule has 1 aliphatic rings. The summed E-state index contributed by atoms with van der Waals surface area (Å²) in [4.78, 5) is 21.1. The number of hydrogen-bond donors (Lipinski definition) is 1. The van der Waals surface area contributed by atoms with Gasteiger partial charge in [-0.05, 0) is 69.2 Å². The van der Waals surface area contributed by atoms with E-state index in [9.17, 15) is 4.79 Å². The molecule has 0 aliphatic carbocycles. The Morgan fingerprint density at radius 3 is 2.60 bits per heavy atom. The Morgan fingerprint density at radius 1 is 0.971 bits per heavy atom. The number of benzene rings is 2. The van der Waals surface area contributed by atoms with Crippen LogP contribution < -0.4 is 15.0 Å². The number of nitrogens with one attached hydrogen (secondary N) is 1. The maximum atomic E-state index is 12.5. The van der Waals surface area contributed by atoms with Crippen LogP contribution in [-0.2, 0) is 4.74 Å². The summed E-state index contributed by atoms with van der Waals surface area (Å²) < 4.78 is 11.1. The molecule has 1 N–H and O–H groups in total. The number of methoxy groups -OCH3 is 1. The van der Waals surface area contributed by atoms with Gasteiger partial charge in [0.15, 0.2) is 0 Å². The molecule has 4 rings (SSSR count). The van der Waals surface area contributed by atoms with Crippen LogP contribution in [0.2, 0.25) is 0 Å². The first-order valence-electron chi connectivity index (χ1n) is 12.0. The number of amides is 1. The van der Waals surface area contributed by atoms with E-state index in [1.165, 1.54) is 0 Å². The molecule has 0 radical (unpaired) electrons. The SMILES string of the molecule is COc1ccccc1-c1ccnc(Nc2cccc(N3CCCN(C(=O)OC(C)(C)C)CC3)c2)c1. The van der Waals surface area contributed by atoms with Gasteiger partial charge in [0.05, 0.1) is 7.11 Å². The molecule has 1 amide bonds. The van der Waals surface area contributed by atoms with E-state index < -0.39 is 5.60 Å². The Kier molecular flexibility index (Phi) is 7.44. The van der Waals surface area contributed by atoms with Crippen molar-refractivity contribution in [2.45, 2.75) is 32.8 Å². The van der Waals surface area contributed by atoms with Gasteiger partial charge in [0.25, 0.3) is 0 Å². The molecule has 0 atom stereocenters. The summed E-state index contributed by atoms with van der Waals surface area (Å²) in [5.41, 5.74) is 3.64. The number of aromatic nitrogens is 1. The van der Waals surface area contributed by atoms with Crippen molar-refractivity contribution in [1.29, 1.82) is 0 Å². The molecule has 0 spiro atoms. The zero-order valence-corrected chi connectivity index (χ0v) is 21.0. The predicted molar refractivity (Wildman–Crippen MR) is 141 cm³/mol. The number of hydrogen-bond acceptors (Lipinski definition) is 6. The number of anilines is 3. The van der Waals surface area contributed by atoms with Gasteiger partial charge in [-0.15, -0.1) is 0 Å². The standard InChI is InChI=1S/C28H34N4O3/c1-28(2,3)35-27(33)32-16-8-15-31(17-18-32)23-10-7-9-22(20-23)30-26-19-21(13-14-29-26)24-11-5-6-12-25(24)34-4/h5-7,9-14,19-20H,8,15-18H2,1-4H3,(H,29,30). The average molecular weight is 475 g/mol. The van der Waals surface area contributed by atoms with Gasteiger partial charge in [0, 0.05) is 49.3 Å². The first kappa shape index (κ1) is 24.4. The Morgan fingerprint density at radius 2 is 1.80 bits per heavy atom. The van der Waals surface area contributed by atoms with Crippen LogP contribution in [0.25, 0.3) is 11.1 Å². The molecule has 3 aromatic rings. The molecule has 0 unspecified atom stereocenters. The molecule has 184 valence electrons. The lowest BCUT2D eigenvalue weighted by atomic mass is 10.1. The van der Waals surface area contributed by atoms with E-state index in [0.29, 0.717) is 13.1 Å². The van der Waals surface area contributed by atoms with Crippen LogP contribution in [0, 0.1) is 0 Å². The van der Waals surface area contributed by atoms with Crippen LogP contribution >= 0.6 is 0 Å². The highest BCUT2D eigenvalue weighted by Crippen LogP contribution is 2.31. The third kappa shape index (κ3) is 6.44. The Balaban J connectivity index is 1.45. The van der Waals surface area contributed by atoms with Gasteiger partial charge in [-0.3, -0.25) is 0 Å². The van der Waals surface area contributed by atoms with Gasteiger partial charge >= 0.3 is 6.09 Å². The van der Waals surface area contributed by atoms with Crippen molar-refractivity contribution in [2.75, 3.05) is 43.5 Å². The van der Waals surface area contributed by atoms with Crippen LogP contribution in [0.3, 0.4) is 0 Å². The van der Waals surface area contributed by atoms with E-state index in [2.05, 4.69) is 27.3 Å². The van der Waals surface area contributed by atoms with Gasteiger partial charge in [-0.2, -0.15) is 0 Å². The minimum Gasteiger partial charge on any atom is -0.496 e. The number of ether oxygens (including phenoxy) is 2. The van der Waals surface area contributed by atoms with Crippen molar-refractivity contribution in [3.63, 3.8) is 0 Å². The first-order valence-corrected chi connectivity index (χ1v) is 12.0. The highest BCUT2D eigenvalue weighted by atomic mass is 16.6. The molecular weight excluding hydrogens is 440 g/mol. The summed E-state index contributed by atoms with van der Waals surface area (Å²) >= 11 is 0. The van der Waals surface area contributed by atoms with E-state index in [1.807, 2.05) is 69.3 Å². The fourth-order valence-corrected chi connectivity index (χ4v) is 4.16. The van der Waals surface area contributed by atoms with Crippen molar-refractivity contribution in [1.82, 2.24) is 9.88 Å². The van der Waals surface area contributed by atoms with Gasteiger partial charge < -0.3 is 24.6 Å². The normalized spacial score (nSPS) is 14.3. The molecule has 35 heavy (non-hydrogen) atoms. The summed E-state index contributed by atoms with van der Waals surface area (Å²) in [6, 6.07) is 20.3. The zero-order chi connectivity index (χ0) is 24.8. The number of pyridine rings is 1. The molecule has 1 aliphatic heterocycles. The molecule has 0 saturated carbocycles. The summed E-state index contributed by atoms with van der Waals surface area (Å²) in [7, 11) is 1.68. The van der Waals surface area contributed by atoms with Crippen LogP contribution in [0.15, 0.2) is 66.9 Å². The molecule has 1 fully saturated rings. The van der Waals surface area contributed by atoms with Crippen LogP contribution in [0.1, 0.15) is 27.2 Å². The lowest BCUT2D eigenvalue weighted by Crippen LogP contribution is -2.39. The number of carbonyl (C=O) groups is 1. The van der Waals surface area contributed by atoms with Crippen molar-refractivity contribution in [3.8, 4) is 16.9 Å². The van der Waals surface area contributed by atoms with E-state index in [1.54, 1.807) is 18.2 Å². The number of para-hydroxylation sites is 1. The highest BCUT2D eigenvalue weighted by molar-refractivity contribution is 5.74. The Labute approximate surface area is 207 Å². The smallest absolute Gasteiger partial charge is 0.410 e. The lowest BCUT2D eigenvalue weighted by molar-refractivity contribution is 0.0263. The number of nitrogens with zero attached hydrogens (tertiary/aromatic N) is 3. The largest absolute Gasteiger partial charge is 0.496 e. The first-order chi connectivity index (χ1) is 16.8. The van der Waals surface area contributed by atoms with Gasteiger partial charge in [-0.1, -0.05) is 24.3 Å². The van der Waals surface area contributed by atoms with E-state index in [0.717, 1.165) is 53.6 Å². The quantitative estimate of drug-likeness (QED) is 0.493. The molecule has 1 aromatic heterocycles. The summed E-state index contributed by atoms with van der Waals surface area (Å²) in [6.07, 6.45) is 2.45. The second kappa shape index (κ2) is 10.7. The van der Waals surface area contributed by atoms with Crippen LogP contribution in [-0.4, -0.2) is 54.9 Å². The third-order valence-electron chi connectivity index (χ3n) is 5.81. The minimum absolute atomic E-state index is 0.240. The minimum atomic E-state index is -0.486. The summed E-state index contributed by atoms with van der Waals surface area (Å²) in [5.74, 6) is 1.59. The second-order valence-electron chi connectivity index (χ2n) is 9.61. The number of rotatable bonds is 5. The van der Waals surface area contributed by atoms with E-state index in [-0.39, 0.29) is 6.09 Å².